The Morgan fingerprint density at radius 2 is 2.00 bits per heavy atom. The van der Waals surface area contributed by atoms with Gasteiger partial charge in [-0.3, -0.25) is 0 Å². The van der Waals surface area contributed by atoms with Crippen molar-refractivity contribution in [3.8, 4) is 0 Å². The fraction of sp³-hybridized carbons (Fsp3) is 0.500. The van der Waals surface area contributed by atoms with Crippen molar-refractivity contribution < 1.29 is 0 Å². The highest BCUT2D eigenvalue weighted by Gasteiger charge is 2.13. The second-order valence-electron chi connectivity index (χ2n) is 2.89. The largest absolute Gasteiger partial charge is 0.356 e. The van der Waals surface area contributed by atoms with Gasteiger partial charge in [-0.05, 0) is 35.4 Å². The molecule has 0 spiro atoms. The Morgan fingerprint density at radius 1 is 1.25 bits per heavy atom. The van der Waals surface area contributed by atoms with Crippen LogP contribution in [-0.4, -0.2) is 23.1 Å². The average Bonchev–Trinajstić information content (AvgIpc) is 2.56. The van der Waals surface area contributed by atoms with Crippen LogP contribution in [0, 0.1) is 3.70 Å². The molecule has 2 rings (SSSR count). The van der Waals surface area contributed by atoms with Gasteiger partial charge in [-0.25, -0.2) is 9.97 Å². The molecule has 0 amide bonds. The number of hydrogen-bond donors (Lipinski definition) is 0. The monoisotopic (exact) mass is 275 g/mol. The molecule has 0 atom stereocenters. The van der Waals surface area contributed by atoms with Gasteiger partial charge in [0, 0.05) is 19.2 Å². The molecule has 12 heavy (non-hydrogen) atoms. The Morgan fingerprint density at radius 3 is 2.67 bits per heavy atom. The van der Waals surface area contributed by atoms with Crippen molar-refractivity contribution in [1.29, 1.82) is 0 Å². The highest BCUT2D eigenvalue weighted by Crippen LogP contribution is 2.17. The third-order valence-corrected chi connectivity index (χ3v) is 2.64. The molecule has 1 aliphatic heterocycles. The van der Waals surface area contributed by atoms with Crippen LogP contribution in [0.5, 0.6) is 0 Å². The molecule has 1 aliphatic rings. The summed E-state index contributed by atoms with van der Waals surface area (Å²) in [5, 5.41) is 0. The molecule has 0 saturated carbocycles. The quantitative estimate of drug-likeness (QED) is 0.577. The normalized spacial score (nSPS) is 16.9. The summed E-state index contributed by atoms with van der Waals surface area (Å²) in [5.74, 6) is 1.08. The zero-order valence-corrected chi connectivity index (χ0v) is 8.86. The van der Waals surface area contributed by atoms with Gasteiger partial charge in [-0.1, -0.05) is 0 Å². The van der Waals surface area contributed by atoms with E-state index in [0.717, 1.165) is 22.6 Å². The molecule has 1 aromatic rings. The maximum Gasteiger partial charge on any atom is 0.132 e. The van der Waals surface area contributed by atoms with E-state index in [1.165, 1.54) is 12.8 Å². The van der Waals surface area contributed by atoms with Gasteiger partial charge in [0.05, 0.1) is 0 Å². The molecule has 0 bridgehead atoms. The number of anilines is 1. The highest BCUT2D eigenvalue weighted by atomic mass is 127. The lowest BCUT2D eigenvalue weighted by atomic mass is 10.4. The van der Waals surface area contributed by atoms with Crippen molar-refractivity contribution in [3.05, 3.63) is 16.1 Å². The Balaban J connectivity index is 2.21. The lowest BCUT2D eigenvalue weighted by Gasteiger charge is -2.15. The van der Waals surface area contributed by atoms with Gasteiger partial charge in [-0.15, -0.1) is 0 Å². The first kappa shape index (κ1) is 8.22. The highest BCUT2D eigenvalue weighted by molar-refractivity contribution is 14.1. The van der Waals surface area contributed by atoms with Gasteiger partial charge in [0.15, 0.2) is 0 Å². The fourth-order valence-corrected chi connectivity index (χ4v) is 1.85. The molecule has 0 radical (unpaired) electrons. The molecule has 2 heterocycles. The zero-order chi connectivity index (χ0) is 8.39. The average molecular weight is 275 g/mol. The second-order valence-corrected chi connectivity index (χ2v) is 4.00. The smallest absolute Gasteiger partial charge is 0.132 e. The number of rotatable bonds is 1. The van der Waals surface area contributed by atoms with E-state index in [-0.39, 0.29) is 0 Å². The lowest BCUT2D eigenvalue weighted by molar-refractivity contribution is 0.923. The third kappa shape index (κ3) is 1.68. The summed E-state index contributed by atoms with van der Waals surface area (Å²) in [5.41, 5.74) is 0. The number of aromatic nitrogens is 2. The SMILES string of the molecule is Ic1cc(N2CCCC2)ncn1. The first-order valence-corrected chi connectivity index (χ1v) is 5.16. The van der Waals surface area contributed by atoms with E-state index in [2.05, 4.69) is 37.5 Å². The molecule has 64 valence electrons. The van der Waals surface area contributed by atoms with Gasteiger partial charge in [-0.2, -0.15) is 0 Å². The van der Waals surface area contributed by atoms with Gasteiger partial charge < -0.3 is 4.90 Å². The minimum atomic E-state index is 1.02. The Hall–Kier alpha value is -0.390. The minimum absolute atomic E-state index is 1.02. The predicted molar refractivity (Wildman–Crippen MR) is 56.2 cm³/mol. The summed E-state index contributed by atoms with van der Waals surface area (Å²) < 4.78 is 1.02. The molecule has 1 aromatic heterocycles. The van der Waals surface area contributed by atoms with Crippen LogP contribution < -0.4 is 4.90 Å². The van der Waals surface area contributed by atoms with Crippen molar-refractivity contribution in [3.63, 3.8) is 0 Å². The van der Waals surface area contributed by atoms with Crippen LogP contribution in [0.4, 0.5) is 5.82 Å². The van der Waals surface area contributed by atoms with E-state index in [0.29, 0.717) is 0 Å². The van der Waals surface area contributed by atoms with Crippen molar-refractivity contribution in [2.75, 3.05) is 18.0 Å². The van der Waals surface area contributed by atoms with E-state index in [1.807, 2.05) is 6.07 Å². The Bertz CT molecular complexity index is 271. The van der Waals surface area contributed by atoms with Crippen LogP contribution in [-0.2, 0) is 0 Å². The van der Waals surface area contributed by atoms with E-state index in [1.54, 1.807) is 6.33 Å². The molecule has 0 unspecified atom stereocenters. The predicted octanol–water partition coefficient (Wildman–Crippen LogP) is 1.68. The molecule has 3 nitrogen and oxygen atoms in total. The summed E-state index contributed by atoms with van der Waals surface area (Å²) in [4.78, 5) is 10.6. The van der Waals surface area contributed by atoms with Crippen LogP contribution in [0.15, 0.2) is 12.4 Å². The summed E-state index contributed by atoms with van der Waals surface area (Å²) in [7, 11) is 0. The van der Waals surface area contributed by atoms with Crippen LogP contribution in [0.1, 0.15) is 12.8 Å². The number of nitrogens with zero attached hydrogens (tertiary/aromatic N) is 3. The topological polar surface area (TPSA) is 29.0 Å². The van der Waals surface area contributed by atoms with Crippen molar-refractivity contribution in [2.24, 2.45) is 0 Å². The molecular formula is C8H10IN3. The lowest BCUT2D eigenvalue weighted by Crippen LogP contribution is -2.19. The minimum Gasteiger partial charge on any atom is -0.356 e. The van der Waals surface area contributed by atoms with Crippen LogP contribution in [0.3, 0.4) is 0 Å². The Kier molecular flexibility index (Phi) is 2.43. The van der Waals surface area contributed by atoms with Crippen LogP contribution in [0.25, 0.3) is 0 Å². The molecule has 4 heteroatoms. The van der Waals surface area contributed by atoms with E-state index < -0.39 is 0 Å². The molecule has 1 fully saturated rings. The molecule has 0 aliphatic carbocycles. The maximum absolute atomic E-state index is 4.23. The van der Waals surface area contributed by atoms with E-state index >= 15 is 0 Å². The fourth-order valence-electron chi connectivity index (χ4n) is 1.44. The first-order chi connectivity index (χ1) is 5.86. The number of hydrogen-bond acceptors (Lipinski definition) is 3. The molecule has 0 N–H and O–H groups in total. The second kappa shape index (κ2) is 3.55. The zero-order valence-electron chi connectivity index (χ0n) is 6.70. The van der Waals surface area contributed by atoms with Gasteiger partial charge in [0.25, 0.3) is 0 Å². The van der Waals surface area contributed by atoms with Gasteiger partial charge in [0.2, 0.25) is 0 Å². The van der Waals surface area contributed by atoms with Gasteiger partial charge >= 0.3 is 0 Å². The van der Waals surface area contributed by atoms with Crippen molar-refractivity contribution in [1.82, 2.24) is 9.97 Å². The molecular weight excluding hydrogens is 265 g/mol. The third-order valence-electron chi connectivity index (χ3n) is 2.05. The number of halogens is 1. The molecule has 0 aromatic carbocycles. The molecule has 1 saturated heterocycles. The van der Waals surface area contributed by atoms with E-state index in [9.17, 15) is 0 Å². The van der Waals surface area contributed by atoms with Gasteiger partial charge in [0.1, 0.15) is 15.8 Å². The van der Waals surface area contributed by atoms with Crippen molar-refractivity contribution in [2.45, 2.75) is 12.8 Å². The van der Waals surface area contributed by atoms with Crippen LogP contribution >= 0.6 is 22.6 Å². The van der Waals surface area contributed by atoms with Crippen LogP contribution in [0.2, 0.25) is 0 Å². The summed E-state index contributed by atoms with van der Waals surface area (Å²) in [6, 6.07) is 2.03. The summed E-state index contributed by atoms with van der Waals surface area (Å²) in [6.07, 6.45) is 4.22. The standard InChI is InChI=1S/C8H10IN3/c9-7-5-8(11-6-10-7)12-3-1-2-4-12/h5-6H,1-4H2. The van der Waals surface area contributed by atoms with Crippen molar-refractivity contribution >= 4 is 28.4 Å². The Labute approximate surface area is 85.3 Å². The van der Waals surface area contributed by atoms with E-state index in [4.69, 9.17) is 0 Å². The summed E-state index contributed by atoms with van der Waals surface area (Å²) >= 11 is 2.21. The maximum atomic E-state index is 4.23. The first-order valence-electron chi connectivity index (χ1n) is 4.09. The summed E-state index contributed by atoms with van der Waals surface area (Å²) in [6.45, 7) is 2.29.